The topological polar surface area (TPSA) is 61.3 Å². The van der Waals surface area contributed by atoms with Crippen molar-refractivity contribution in [3.05, 3.63) is 42.5 Å². The molecule has 17 heavy (non-hydrogen) atoms. The van der Waals surface area contributed by atoms with Gasteiger partial charge in [0.15, 0.2) is 0 Å². The number of nitrogen functional groups attached to an aromatic ring is 2. The van der Waals surface area contributed by atoms with E-state index in [0.717, 1.165) is 22.6 Å². The summed E-state index contributed by atoms with van der Waals surface area (Å²) in [4.78, 5) is 0. The van der Waals surface area contributed by atoms with Gasteiger partial charge < -0.3 is 16.2 Å². The van der Waals surface area contributed by atoms with Crippen LogP contribution in [0.4, 0.5) is 11.4 Å². The van der Waals surface area contributed by atoms with Crippen LogP contribution >= 0.6 is 0 Å². The average Bonchev–Trinajstić information content (AvgIpc) is 2.33. The number of benzene rings is 2. The molecule has 0 aliphatic heterocycles. The zero-order valence-electron chi connectivity index (χ0n) is 9.81. The number of anilines is 2. The fourth-order valence-electron chi connectivity index (χ4n) is 1.69. The molecule has 0 aliphatic rings. The van der Waals surface area contributed by atoms with Crippen molar-refractivity contribution in [2.24, 2.45) is 0 Å². The Kier molecular flexibility index (Phi) is 3.19. The summed E-state index contributed by atoms with van der Waals surface area (Å²) in [7, 11) is 0. The quantitative estimate of drug-likeness (QED) is 0.794. The lowest BCUT2D eigenvalue weighted by atomic mass is 10.0. The van der Waals surface area contributed by atoms with Gasteiger partial charge in [0, 0.05) is 5.69 Å². The molecule has 0 unspecified atom stereocenters. The van der Waals surface area contributed by atoms with Gasteiger partial charge in [0.05, 0.1) is 12.3 Å². The van der Waals surface area contributed by atoms with Crippen LogP contribution in [0.3, 0.4) is 0 Å². The number of nitrogens with two attached hydrogens (primary N) is 2. The summed E-state index contributed by atoms with van der Waals surface area (Å²) < 4.78 is 5.40. The molecule has 2 aromatic rings. The van der Waals surface area contributed by atoms with E-state index < -0.39 is 0 Å². The molecule has 0 heterocycles. The standard InChI is InChI=1S/C14H16N2O/c1-2-17-14-8-5-11(9-13(14)16)10-3-6-12(15)7-4-10/h3-9H,2,15-16H2,1H3. The fraction of sp³-hybridized carbons (Fsp3) is 0.143. The molecular formula is C14H16N2O. The molecule has 0 aromatic heterocycles. The second kappa shape index (κ2) is 4.78. The molecule has 3 heteroatoms. The third-order valence-corrected chi connectivity index (χ3v) is 2.55. The first kappa shape index (κ1) is 11.3. The second-order valence-corrected chi connectivity index (χ2v) is 3.81. The Morgan fingerprint density at radius 2 is 1.59 bits per heavy atom. The maximum absolute atomic E-state index is 5.92. The predicted molar refractivity (Wildman–Crippen MR) is 71.9 cm³/mol. The molecule has 0 spiro atoms. The van der Waals surface area contributed by atoms with Crippen molar-refractivity contribution in [1.82, 2.24) is 0 Å². The van der Waals surface area contributed by atoms with Crippen LogP contribution in [0.2, 0.25) is 0 Å². The van der Waals surface area contributed by atoms with Crippen LogP contribution in [0.25, 0.3) is 11.1 Å². The van der Waals surface area contributed by atoms with Crippen molar-refractivity contribution < 1.29 is 4.74 Å². The number of rotatable bonds is 3. The summed E-state index contributed by atoms with van der Waals surface area (Å²) in [5.41, 5.74) is 15.1. The van der Waals surface area contributed by atoms with Gasteiger partial charge in [-0.3, -0.25) is 0 Å². The van der Waals surface area contributed by atoms with Gasteiger partial charge in [-0.15, -0.1) is 0 Å². The minimum atomic E-state index is 0.616. The smallest absolute Gasteiger partial charge is 0.142 e. The molecule has 88 valence electrons. The van der Waals surface area contributed by atoms with Gasteiger partial charge >= 0.3 is 0 Å². The Hall–Kier alpha value is -2.16. The Labute approximate surface area is 101 Å². The molecule has 2 aromatic carbocycles. The minimum absolute atomic E-state index is 0.616. The first-order valence-electron chi connectivity index (χ1n) is 5.59. The SMILES string of the molecule is CCOc1ccc(-c2ccc(N)cc2)cc1N. The first-order valence-corrected chi connectivity index (χ1v) is 5.59. The molecule has 0 saturated heterocycles. The summed E-state index contributed by atoms with van der Waals surface area (Å²) in [6, 6.07) is 13.5. The molecule has 0 saturated carbocycles. The van der Waals surface area contributed by atoms with Crippen LogP contribution in [0.5, 0.6) is 5.75 Å². The molecule has 0 fully saturated rings. The van der Waals surface area contributed by atoms with Crippen molar-refractivity contribution in [2.75, 3.05) is 18.1 Å². The van der Waals surface area contributed by atoms with E-state index in [1.807, 2.05) is 49.4 Å². The van der Waals surface area contributed by atoms with Crippen LogP contribution in [-0.2, 0) is 0 Å². The molecule has 0 atom stereocenters. The lowest BCUT2D eigenvalue weighted by Gasteiger charge is -2.09. The van der Waals surface area contributed by atoms with Crippen LogP contribution < -0.4 is 16.2 Å². The summed E-state index contributed by atoms with van der Waals surface area (Å²) in [6.07, 6.45) is 0. The van der Waals surface area contributed by atoms with E-state index in [1.165, 1.54) is 0 Å². The summed E-state index contributed by atoms with van der Waals surface area (Å²) >= 11 is 0. The molecular weight excluding hydrogens is 212 g/mol. The van der Waals surface area contributed by atoms with Crippen LogP contribution in [0, 0.1) is 0 Å². The molecule has 0 amide bonds. The predicted octanol–water partition coefficient (Wildman–Crippen LogP) is 2.92. The second-order valence-electron chi connectivity index (χ2n) is 3.81. The van der Waals surface area contributed by atoms with Crippen LogP contribution in [-0.4, -0.2) is 6.61 Å². The highest BCUT2D eigenvalue weighted by atomic mass is 16.5. The van der Waals surface area contributed by atoms with E-state index in [1.54, 1.807) is 0 Å². The zero-order valence-corrected chi connectivity index (χ0v) is 9.81. The Morgan fingerprint density at radius 1 is 0.941 bits per heavy atom. The molecule has 2 rings (SSSR count). The lowest BCUT2D eigenvalue weighted by molar-refractivity contribution is 0.342. The van der Waals surface area contributed by atoms with Gasteiger partial charge in [-0.2, -0.15) is 0 Å². The van der Waals surface area contributed by atoms with Gasteiger partial charge in [-0.05, 0) is 42.3 Å². The van der Waals surface area contributed by atoms with E-state index in [4.69, 9.17) is 16.2 Å². The third kappa shape index (κ3) is 2.50. The first-order chi connectivity index (χ1) is 8.20. The van der Waals surface area contributed by atoms with Crippen LogP contribution in [0.15, 0.2) is 42.5 Å². The number of ether oxygens (including phenoxy) is 1. The fourth-order valence-corrected chi connectivity index (χ4v) is 1.69. The lowest BCUT2D eigenvalue weighted by Crippen LogP contribution is -1.96. The van der Waals surface area contributed by atoms with Crippen molar-refractivity contribution in [1.29, 1.82) is 0 Å². The summed E-state index contributed by atoms with van der Waals surface area (Å²) in [5.74, 6) is 0.728. The van der Waals surface area contributed by atoms with Crippen molar-refractivity contribution in [3.63, 3.8) is 0 Å². The monoisotopic (exact) mass is 228 g/mol. The molecule has 0 radical (unpaired) electrons. The molecule has 3 nitrogen and oxygen atoms in total. The Morgan fingerprint density at radius 3 is 2.18 bits per heavy atom. The molecule has 0 aliphatic carbocycles. The average molecular weight is 228 g/mol. The highest BCUT2D eigenvalue weighted by molar-refractivity contribution is 5.71. The van der Waals surface area contributed by atoms with E-state index in [2.05, 4.69) is 0 Å². The van der Waals surface area contributed by atoms with E-state index >= 15 is 0 Å². The Balaban J connectivity index is 2.34. The third-order valence-electron chi connectivity index (χ3n) is 2.55. The number of hydrogen-bond donors (Lipinski definition) is 2. The van der Waals surface area contributed by atoms with Crippen molar-refractivity contribution >= 4 is 11.4 Å². The highest BCUT2D eigenvalue weighted by Crippen LogP contribution is 2.28. The van der Waals surface area contributed by atoms with E-state index in [9.17, 15) is 0 Å². The van der Waals surface area contributed by atoms with Gasteiger partial charge in [0.25, 0.3) is 0 Å². The van der Waals surface area contributed by atoms with Gasteiger partial charge in [-0.1, -0.05) is 18.2 Å². The number of hydrogen-bond acceptors (Lipinski definition) is 3. The highest BCUT2D eigenvalue weighted by Gasteiger charge is 2.03. The van der Waals surface area contributed by atoms with Crippen molar-refractivity contribution in [2.45, 2.75) is 6.92 Å². The Bertz CT molecular complexity index is 506. The van der Waals surface area contributed by atoms with Gasteiger partial charge in [0.2, 0.25) is 0 Å². The van der Waals surface area contributed by atoms with Crippen LogP contribution in [0.1, 0.15) is 6.92 Å². The summed E-state index contributed by atoms with van der Waals surface area (Å²) in [6.45, 7) is 2.55. The van der Waals surface area contributed by atoms with E-state index in [0.29, 0.717) is 12.3 Å². The van der Waals surface area contributed by atoms with E-state index in [-0.39, 0.29) is 0 Å². The van der Waals surface area contributed by atoms with Gasteiger partial charge in [0.1, 0.15) is 5.75 Å². The van der Waals surface area contributed by atoms with Crippen molar-refractivity contribution in [3.8, 4) is 16.9 Å². The zero-order chi connectivity index (χ0) is 12.3. The minimum Gasteiger partial charge on any atom is -0.492 e. The molecule has 4 N–H and O–H groups in total. The normalized spacial score (nSPS) is 10.2. The summed E-state index contributed by atoms with van der Waals surface area (Å²) in [5, 5.41) is 0. The molecule has 0 bridgehead atoms. The largest absolute Gasteiger partial charge is 0.492 e. The maximum Gasteiger partial charge on any atom is 0.142 e. The van der Waals surface area contributed by atoms with Gasteiger partial charge in [-0.25, -0.2) is 0 Å². The maximum atomic E-state index is 5.92.